The molecule has 0 saturated heterocycles. The van der Waals surface area contributed by atoms with E-state index in [2.05, 4.69) is 60.6 Å². The van der Waals surface area contributed by atoms with Gasteiger partial charge < -0.3 is 4.74 Å². The fraction of sp³-hybridized carbons (Fsp3) is 0.294. The molecule has 4 rings (SSSR count). The number of hydrogen-bond donors (Lipinski definition) is 0. The minimum absolute atomic E-state index is 0.179. The zero-order chi connectivity index (χ0) is 14.4. The second-order valence-electron chi connectivity index (χ2n) is 5.63. The van der Waals surface area contributed by atoms with Crippen LogP contribution in [0.25, 0.3) is 11.0 Å². The normalized spacial score (nSPS) is 17.9. The smallest absolute Gasteiger partial charge is 0.178 e. The lowest BCUT2D eigenvalue weighted by molar-refractivity contribution is 0.0157. The molecule has 1 aromatic heterocycles. The summed E-state index contributed by atoms with van der Waals surface area (Å²) in [5, 5.41) is 8.64. The summed E-state index contributed by atoms with van der Waals surface area (Å²) in [4.78, 5) is 0. The summed E-state index contributed by atoms with van der Waals surface area (Å²) >= 11 is 0. The average Bonchev–Trinajstić information content (AvgIpc) is 2.90. The quantitative estimate of drug-likeness (QED) is 0.687. The summed E-state index contributed by atoms with van der Waals surface area (Å²) in [5.41, 5.74) is 6.95. The van der Waals surface area contributed by atoms with Crippen LogP contribution in [0.4, 0.5) is 0 Å². The fourth-order valence-electron chi connectivity index (χ4n) is 2.94. The Morgan fingerprint density at radius 2 is 1.95 bits per heavy atom. The second-order valence-corrected chi connectivity index (χ2v) is 5.63. The van der Waals surface area contributed by atoms with Gasteiger partial charge in [-0.05, 0) is 49.1 Å². The molecular formula is C17H17N3O. The Labute approximate surface area is 123 Å². The molecule has 3 aromatic rings. The van der Waals surface area contributed by atoms with Crippen LogP contribution in [0.3, 0.4) is 0 Å². The molecule has 4 nitrogen and oxygen atoms in total. The topological polar surface area (TPSA) is 39.9 Å². The van der Waals surface area contributed by atoms with E-state index in [-0.39, 0.29) is 6.23 Å². The monoisotopic (exact) mass is 279 g/mol. The van der Waals surface area contributed by atoms with Crippen LogP contribution in [-0.2, 0) is 11.2 Å². The third-order valence-electron chi connectivity index (χ3n) is 4.28. The predicted molar refractivity (Wildman–Crippen MR) is 81.2 cm³/mol. The van der Waals surface area contributed by atoms with Gasteiger partial charge in [0.05, 0.1) is 12.1 Å². The number of aryl methyl sites for hydroxylation is 2. The molecule has 0 saturated carbocycles. The lowest BCUT2D eigenvalue weighted by Crippen LogP contribution is -2.23. The van der Waals surface area contributed by atoms with Crippen LogP contribution in [0, 0.1) is 13.8 Å². The minimum atomic E-state index is -0.179. The summed E-state index contributed by atoms with van der Waals surface area (Å²) in [7, 11) is 0. The molecule has 0 fully saturated rings. The van der Waals surface area contributed by atoms with E-state index in [9.17, 15) is 0 Å². The van der Waals surface area contributed by atoms with Gasteiger partial charge in [0.25, 0.3) is 0 Å². The molecule has 1 aliphatic rings. The molecule has 2 heterocycles. The molecule has 106 valence electrons. The molecule has 21 heavy (non-hydrogen) atoms. The van der Waals surface area contributed by atoms with Gasteiger partial charge in [-0.15, -0.1) is 5.10 Å². The zero-order valence-electron chi connectivity index (χ0n) is 12.2. The molecular weight excluding hydrogens is 262 g/mol. The zero-order valence-corrected chi connectivity index (χ0v) is 12.2. The van der Waals surface area contributed by atoms with Gasteiger partial charge in [-0.3, -0.25) is 0 Å². The van der Waals surface area contributed by atoms with E-state index in [0.717, 1.165) is 17.5 Å². The van der Waals surface area contributed by atoms with Crippen molar-refractivity contribution in [2.45, 2.75) is 26.5 Å². The SMILES string of the molecule is Cc1cc2nnn([C@@H]3OCCc4ccccc43)c2cc1C. The van der Waals surface area contributed by atoms with Gasteiger partial charge in [0.15, 0.2) is 6.23 Å². The molecule has 0 bridgehead atoms. The molecule has 4 heteroatoms. The Hall–Kier alpha value is -2.20. The highest BCUT2D eigenvalue weighted by atomic mass is 16.5. The van der Waals surface area contributed by atoms with E-state index in [1.54, 1.807) is 0 Å². The van der Waals surface area contributed by atoms with Crippen molar-refractivity contribution < 1.29 is 4.74 Å². The van der Waals surface area contributed by atoms with Gasteiger partial charge in [-0.25, -0.2) is 4.68 Å². The number of rotatable bonds is 1. The van der Waals surface area contributed by atoms with Crippen molar-refractivity contribution in [3.63, 3.8) is 0 Å². The first kappa shape index (κ1) is 12.5. The molecule has 1 atom stereocenters. The summed E-state index contributed by atoms with van der Waals surface area (Å²) in [6.45, 7) is 4.93. The largest absolute Gasteiger partial charge is 0.352 e. The maximum atomic E-state index is 5.99. The predicted octanol–water partition coefficient (Wildman–Crippen LogP) is 3.17. The maximum absolute atomic E-state index is 5.99. The Morgan fingerprint density at radius 3 is 2.86 bits per heavy atom. The lowest BCUT2D eigenvalue weighted by atomic mass is 10.0. The van der Waals surface area contributed by atoms with Crippen LogP contribution in [0.5, 0.6) is 0 Å². The maximum Gasteiger partial charge on any atom is 0.178 e. The number of aromatic nitrogens is 3. The second kappa shape index (κ2) is 4.67. The third kappa shape index (κ3) is 1.94. The van der Waals surface area contributed by atoms with E-state index in [1.807, 2.05) is 4.68 Å². The van der Waals surface area contributed by atoms with E-state index < -0.39 is 0 Å². The van der Waals surface area contributed by atoms with Crippen LogP contribution in [0.2, 0.25) is 0 Å². The molecule has 0 spiro atoms. The van der Waals surface area contributed by atoms with Crippen molar-refractivity contribution >= 4 is 11.0 Å². The first-order valence-corrected chi connectivity index (χ1v) is 7.25. The van der Waals surface area contributed by atoms with Gasteiger partial charge in [0.2, 0.25) is 0 Å². The molecule has 0 aliphatic carbocycles. The number of ether oxygens (including phenoxy) is 1. The molecule has 1 aliphatic heterocycles. The van der Waals surface area contributed by atoms with Gasteiger partial charge in [0.1, 0.15) is 5.52 Å². The Kier molecular flexibility index (Phi) is 2.79. The van der Waals surface area contributed by atoms with Gasteiger partial charge in [-0.1, -0.05) is 29.5 Å². The number of nitrogens with zero attached hydrogens (tertiary/aromatic N) is 3. The van der Waals surface area contributed by atoms with E-state index in [1.165, 1.54) is 22.3 Å². The van der Waals surface area contributed by atoms with Crippen molar-refractivity contribution in [3.05, 3.63) is 58.7 Å². The van der Waals surface area contributed by atoms with Crippen LogP contribution < -0.4 is 0 Å². The highest BCUT2D eigenvalue weighted by Crippen LogP contribution is 2.30. The fourth-order valence-corrected chi connectivity index (χ4v) is 2.94. The Morgan fingerprint density at radius 1 is 1.14 bits per heavy atom. The van der Waals surface area contributed by atoms with Crippen molar-refractivity contribution in [3.8, 4) is 0 Å². The molecule has 0 radical (unpaired) electrons. The number of fused-ring (bicyclic) bond motifs is 2. The molecule has 0 unspecified atom stereocenters. The van der Waals surface area contributed by atoms with Crippen LogP contribution in [0.1, 0.15) is 28.5 Å². The molecule has 2 aromatic carbocycles. The van der Waals surface area contributed by atoms with Crippen molar-refractivity contribution in [2.75, 3.05) is 6.61 Å². The number of hydrogen-bond acceptors (Lipinski definition) is 3. The van der Waals surface area contributed by atoms with Gasteiger partial charge in [0, 0.05) is 5.56 Å². The summed E-state index contributed by atoms with van der Waals surface area (Å²) in [5.74, 6) is 0. The number of benzene rings is 2. The minimum Gasteiger partial charge on any atom is -0.352 e. The highest BCUT2D eigenvalue weighted by molar-refractivity contribution is 5.76. The van der Waals surface area contributed by atoms with E-state index >= 15 is 0 Å². The average molecular weight is 279 g/mol. The summed E-state index contributed by atoms with van der Waals surface area (Å²) in [6.07, 6.45) is 0.777. The van der Waals surface area contributed by atoms with Gasteiger partial charge >= 0.3 is 0 Å². The summed E-state index contributed by atoms with van der Waals surface area (Å²) < 4.78 is 7.89. The van der Waals surface area contributed by atoms with Crippen molar-refractivity contribution in [2.24, 2.45) is 0 Å². The van der Waals surface area contributed by atoms with Crippen LogP contribution in [0.15, 0.2) is 36.4 Å². The van der Waals surface area contributed by atoms with Crippen molar-refractivity contribution in [1.29, 1.82) is 0 Å². The van der Waals surface area contributed by atoms with Crippen LogP contribution >= 0.6 is 0 Å². The van der Waals surface area contributed by atoms with E-state index in [0.29, 0.717) is 6.61 Å². The first-order valence-electron chi connectivity index (χ1n) is 7.25. The molecule has 0 amide bonds. The van der Waals surface area contributed by atoms with Gasteiger partial charge in [-0.2, -0.15) is 0 Å². The van der Waals surface area contributed by atoms with Crippen molar-refractivity contribution in [1.82, 2.24) is 15.0 Å². The molecule has 0 N–H and O–H groups in total. The lowest BCUT2D eigenvalue weighted by Gasteiger charge is -2.26. The standard InChI is InChI=1S/C17H17N3O/c1-11-9-15-16(10-12(11)2)20(19-18-15)17-14-6-4-3-5-13(14)7-8-21-17/h3-6,9-10,17H,7-8H2,1-2H3/t17-/m1/s1. The first-order chi connectivity index (χ1) is 10.2. The van der Waals surface area contributed by atoms with Crippen LogP contribution in [-0.4, -0.2) is 21.6 Å². The van der Waals surface area contributed by atoms with E-state index in [4.69, 9.17) is 4.74 Å². The Balaban J connectivity index is 1.90. The highest BCUT2D eigenvalue weighted by Gasteiger charge is 2.24. The Bertz CT molecular complexity index is 822. The third-order valence-corrected chi connectivity index (χ3v) is 4.28. The summed E-state index contributed by atoms with van der Waals surface area (Å²) in [6, 6.07) is 12.6.